The lowest BCUT2D eigenvalue weighted by Crippen LogP contribution is -2.23. The first-order valence-electron chi connectivity index (χ1n) is 5.83. The number of ether oxygens (including phenoxy) is 1. The molecular weight excluding hydrogens is 234 g/mol. The maximum absolute atomic E-state index is 11.6. The summed E-state index contributed by atoms with van der Waals surface area (Å²) in [6.45, 7) is 2.37. The third-order valence-corrected chi connectivity index (χ3v) is 2.41. The molecule has 0 aliphatic heterocycles. The predicted molar refractivity (Wildman–Crippen MR) is 65.0 cm³/mol. The molecule has 0 saturated heterocycles. The zero-order valence-corrected chi connectivity index (χ0v) is 10.3. The molecule has 0 radical (unpaired) electrons. The van der Waals surface area contributed by atoms with Gasteiger partial charge in [-0.25, -0.2) is 4.79 Å². The van der Waals surface area contributed by atoms with Crippen LogP contribution in [0.1, 0.15) is 46.9 Å². The molecule has 0 aliphatic carbocycles. The van der Waals surface area contributed by atoms with E-state index in [4.69, 9.17) is 10.5 Å². The van der Waals surface area contributed by atoms with E-state index in [0.29, 0.717) is 6.61 Å². The molecule has 5 nitrogen and oxygen atoms in total. The molecule has 0 aromatic heterocycles. The fourth-order valence-electron chi connectivity index (χ4n) is 1.49. The topological polar surface area (TPSA) is 92.5 Å². The highest BCUT2D eigenvalue weighted by Crippen LogP contribution is 2.13. The summed E-state index contributed by atoms with van der Waals surface area (Å²) in [5, 5.41) is 10.7. The fraction of sp³-hybridized carbons (Fsp3) is 0.385. The average Bonchev–Trinajstić information content (AvgIpc) is 2.33. The molecule has 5 heteroatoms. The summed E-state index contributed by atoms with van der Waals surface area (Å²) in [4.78, 5) is 22.4. The van der Waals surface area contributed by atoms with E-state index in [1.165, 1.54) is 18.2 Å². The van der Waals surface area contributed by atoms with Gasteiger partial charge in [-0.05, 0) is 24.6 Å². The van der Waals surface area contributed by atoms with E-state index in [1.807, 2.05) is 6.92 Å². The first-order chi connectivity index (χ1) is 8.54. The van der Waals surface area contributed by atoms with Crippen LogP contribution in [-0.4, -0.2) is 18.5 Å². The van der Waals surface area contributed by atoms with Crippen molar-refractivity contribution in [1.82, 2.24) is 0 Å². The van der Waals surface area contributed by atoms with Gasteiger partial charge < -0.3 is 20.4 Å². The van der Waals surface area contributed by atoms with Crippen LogP contribution < -0.4 is 10.8 Å². The molecule has 1 aromatic carbocycles. The van der Waals surface area contributed by atoms with Gasteiger partial charge in [0.15, 0.2) is 0 Å². The number of nitrogen functional groups attached to an aromatic ring is 1. The van der Waals surface area contributed by atoms with Crippen LogP contribution in [0, 0.1) is 0 Å². The van der Waals surface area contributed by atoms with Crippen molar-refractivity contribution in [2.24, 2.45) is 0 Å². The van der Waals surface area contributed by atoms with Gasteiger partial charge in [-0.2, -0.15) is 0 Å². The number of rotatable bonds is 6. The standard InChI is InChI=1S/C13H17NO4/c1-2-3-4-5-18-13(17)10-6-9(12(15)16)7-11(14)8-10/h6-8H,2-5,14H2,1H3,(H,15,16)/p-1. The van der Waals surface area contributed by atoms with Gasteiger partial charge in [-0.15, -0.1) is 0 Å². The lowest BCUT2D eigenvalue weighted by atomic mass is 10.1. The number of hydrogen-bond donors (Lipinski definition) is 1. The Kier molecular flexibility index (Phi) is 5.17. The van der Waals surface area contributed by atoms with Crippen molar-refractivity contribution in [1.29, 1.82) is 0 Å². The van der Waals surface area contributed by atoms with Crippen molar-refractivity contribution in [2.75, 3.05) is 12.3 Å². The zero-order valence-electron chi connectivity index (χ0n) is 10.3. The minimum atomic E-state index is -1.37. The monoisotopic (exact) mass is 250 g/mol. The second-order valence-electron chi connectivity index (χ2n) is 3.97. The second-order valence-corrected chi connectivity index (χ2v) is 3.97. The number of anilines is 1. The van der Waals surface area contributed by atoms with E-state index in [2.05, 4.69) is 0 Å². The normalized spacial score (nSPS) is 10.1. The first-order valence-corrected chi connectivity index (χ1v) is 5.83. The Hall–Kier alpha value is -2.04. The van der Waals surface area contributed by atoms with Gasteiger partial charge in [0.1, 0.15) is 0 Å². The van der Waals surface area contributed by atoms with Gasteiger partial charge in [-0.1, -0.05) is 19.8 Å². The van der Waals surface area contributed by atoms with E-state index >= 15 is 0 Å². The number of nitrogens with two attached hydrogens (primary N) is 1. The van der Waals surface area contributed by atoms with Gasteiger partial charge in [0.25, 0.3) is 0 Å². The fourth-order valence-corrected chi connectivity index (χ4v) is 1.49. The highest BCUT2D eigenvalue weighted by atomic mass is 16.5. The van der Waals surface area contributed by atoms with E-state index < -0.39 is 11.9 Å². The predicted octanol–water partition coefficient (Wildman–Crippen LogP) is 0.979. The lowest BCUT2D eigenvalue weighted by Gasteiger charge is -2.08. The number of carbonyl (C=O) groups is 2. The number of carbonyl (C=O) groups excluding carboxylic acids is 2. The summed E-state index contributed by atoms with van der Waals surface area (Å²) in [5.74, 6) is -1.94. The lowest BCUT2D eigenvalue weighted by molar-refractivity contribution is -0.255. The largest absolute Gasteiger partial charge is 0.545 e. The molecule has 0 amide bonds. The van der Waals surface area contributed by atoms with E-state index in [0.717, 1.165) is 19.3 Å². The van der Waals surface area contributed by atoms with Crippen LogP contribution in [0.2, 0.25) is 0 Å². The van der Waals surface area contributed by atoms with Gasteiger partial charge >= 0.3 is 5.97 Å². The molecule has 18 heavy (non-hydrogen) atoms. The second kappa shape index (κ2) is 6.64. The van der Waals surface area contributed by atoms with Crippen LogP contribution in [0.4, 0.5) is 5.69 Å². The molecule has 0 saturated carbocycles. The quantitative estimate of drug-likeness (QED) is 0.461. The van der Waals surface area contributed by atoms with Gasteiger partial charge in [0.05, 0.1) is 18.1 Å². The smallest absolute Gasteiger partial charge is 0.338 e. The summed E-state index contributed by atoms with van der Waals surface area (Å²) in [6, 6.07) is 3.83. The third kappa shape index (κ3) is 4.08. The minimum Gasteiger partial charge on any atom is -0.545 e. The van der Waals surface area contributed by atoms with E-state index in [-0.39, 0.29) is 16.8 Å². The van der Waals surface area contributed by atoms with Crippen LogP contribution in [0.3, 0.4) is 0 Å². The summed E-state index contributed by atoms with van der Waals surface area (Å²) >= 11 is 0. The maximum Gasteiger partial charge on any atom is 0.338 e. The molecule has 0 heterocycles. The van der Waals surface area contributed by atoms with Crippen molar-refractivity contribution in [3.8, 4) is 0 Å². The third-order valence-electron chi connectivity index (χ3n) is 2.41. The summed E-state index contributed by atoms with van der Waals surface area (Å²) in [7, 11) is 0. The molecule has 0 atom stereocenters. The van der Waals surface area contributed by atoms with Crippen molar-refractivity contribution in [3.05, 3.63) is 29.3 Å². The molecule has 0 bridgehead atoms. The van der Waals surface area contributed by atoms with E-state index in [1.54, 1.807) is 0 Å². The Labute approximate surface area is 106 Å². The SMILES string of the molecule is CCCCCOC(=O)c1cc(N)cc(C(=O)[O-])c1. The Morgan fingerprint density at radius 3 is 2.50 bits per heavy atom. The van der Waals surface area contributed by atoms with Gasteiger partial charge in [0, 0.05) is 11.3 Å². The molecular formula is C13H16NO4-. The molecule has 98 valence electrons. The summed E-state index contributed by atoms with van der Waals surface area (Å²) in [6.07, 6.45) is 2.80. The van der Waals surface area contributed by atoms with Crippen molar-refractivity contribution >= 4 is 17.6 Å². The number of esters is 1. The first kappa shape index (κ1) is 14.0. The molecule has 1 rings (SSSR count). The van der Waals surface area contributed by atoms with Crippen LogP contribution in [-0.2, 0) is 4.74 Å². The van der Waals surface area contributed by atoms with Crippen LogP contribution in [0.25, 0.3) is 0 Å². The average molecular weight is 250 g/mol. The number of hydrogen-bond acceptors (Lipinski definition) is 5. The van der Waals surface area contributed by atoms with Crippen LogP contribution in [0.5, 0.6) is 0 Å². The molecule has 0 unspecified atom stereocenters. The number of carboxylic acids is 1. The molecule has 1 aromatic rings. The highest BCUT2D eigenvalue weighted by molar-refractivity contribution is 5.95. The van der Waals surface area contributed by atoms with Crippen molar-refractivity contribution in [2.45, 2.75) is 26.2 Å². The number of unbranched alkanes of at least 4 members (excludes halogenated alkanes) is 2. The minimum absolute atomic E-state index is 0.129. The van der Waals surface area contributed by atoms with Crippen LogP contribution >= 0.6 is 0 Å². The van der Waals surface area contributed by atoms with Crippen molar-refractivity contribution in [3.63, 3.8) is 0 Å². The Morgan fingerprint density at radius 1 is 1.22 bits per heavy atom. The van der Waals surface area contributed by atoms with E-state index in [9.17, 15) is 14.7 Å². The molecule has 2 N–H and O–H groups in total. The molecule has 0 fully saturated rings. The Bertz CT molecular complexity index is 443. The zero-order chi connectivity index (χ0) is 13.5. The van der Waals surface area contributed by atoms with Gasteiger partial charge in [-0.3, -0.25) is 0 Å². The van der Waals surface area contributed by atoms with Crippen LogP contribution in [0.15, 0.2) is 18.2 Å². The maximum atomic E-state index is 11.6. The highest BCUT2D eigenvalue weighted by Gasteiger charge is 2.09. The number of aromatic carboxylic acids is 1. The van der Waals surface area contributed by atoms with Gasteiger partial charge in [0.2, 0.25) is 0 Å². The Balaban J connectivity index is 2.70. The number of carboxylic acid groups (broad SMARTS) is 1. The van der Waals surface area contributed by atoms with Crippen molar-refractivity contribution < 1.29 is 19.4 Å². The molecule has 0 aliphatic rings. The Morgan fingerprint density at radius 2 is 1.89 bits per heavy atom. The number of benzene rings is 1. The summed E-state index contributed by atoms with van der Waals surface area (Å²) < 4.78 is 5.01. The summed E-state index contributed by atoms with van der Waals surface area (Å²) in [5.41, 5.74) is 5.71. The molecule has 0 spiro atoms.